The summed E-state index contributed by atoms with van der Waals surface area (Å²) in [5.41, 5.74) is 6.67. The molecule has 12 heavy (non-hydrogen) atoms. The highest BCUT2D eigenvalue weighted by Crippen LogP contribution is 2.29. The first-order valence-corrected chi connectivity index (χ1v) is 4.87. The number of rotatable bonds is 1. The van der Waals surface area contributed by atoms with E-state index in [0.29, 0.717) is 6.54 Å². The zero-order valence-electron chi connectivity index (χ0n) is 6.38. The number of benzene rings is 1. The number of nitrogens with two attached hydrogens (primary N) is 1. The quantitative estimate of drug-likeness (QED) is 0.748. The van der Waals surface area contributed by atoms with Gasteiger partial charge in [-0.15, -0.1) is 11.3 Å². The molecule has 0 unspecified atom stereocenters. The molecule has 0 atom stereocenters. The molecule has 0 bridgehead atoms. The van der Waals surface area contributed by atoms with E-state index in [4.69, 9.17) is 17.3 Å². The molecule has 1 aromatic heterocycles. The molecule has 0 radical (unpaired) electrons. The third kappa shape index (κ3) is 1.33. The van der Waals surface area contributed by atoms with Crippen LogP contribution in [-0.4, -0.2) is 0 Å². The van der Waals surface area contributed by atoms with E-state index in [1.54, 1.807) is 11.3 Å². The minimum atomic E-state index is 0.589. The molecular formula is C9H8ClNS. The lowest BCUT2D eigenvalue weighted by molar-refractivity contribution is 1.08. The Hall–Kier alpha value is -0.570. The first-order chi connectivity index (χ1) is 5.79. The Kier molecular flexibility index (Phi) is 2.05. The van der Waals surface area contributed by atoms with E-state index in [1.165, 1.54) is 10.1 Å². The lowest BCUT2D eigenvalue weighted by atomic mass is 10.2. The number of halogens is 1. The van der Waals surface area contributed by atoms with Crippen molar-refractivity contribution < 1.29 is 0 Å². The zero-order valence-corrected chi connectivity index (χ0v) is 7.95. The molecule has 0 fully saturated rings. The van der Waals surface area contributed by atoms with Gasteiger partial charge in [-0.2, -0.15) is 0 Å². The molecule has 3 heteroatoms. The Labute approximate surface area is 79.8 Å². The fourth-order valence-electron chi connectivity index (χ4n) is 1.17. The normalized spacial score (nSPS) is 10.8. The summed E-state index contributed by atoms with van der Waals surface area (Å²) in [6.45, 7) is 0.589. The van der Waals surface area contributed by atoms with Crippen LogP contribution >= 0.6 is 22.9 Å². The smallest absolute Gasteiger partial charge is 0.0940 e. The van der Waals surface area contributed by atoms with Crippen LogP contribution in [0.1, 0.15) is 5.56 Å². The van der Waals surface area contributed by atoms with E-state index in [9.17, 15) is 0 Å². The fourth-order valence-corrected chi connectivity index (χ4v) is 2.39. The Morgan fingerprint density at radius 3 is 2.92 bits per heavy atom. The van der Waals surface area contributed by atoms with Crippen LogP contribution in [0.15, 0.2) is 24.3 Å². The minimum Gasteiger partial charge on any atom is -0.326 e. The van der Waals surface area contributed by atoms with E-state index < -0.39 is 0 Å². The topological polar surface area (TPSA) is 26.0 Å². The summed E-state index contributed by atoms with van der Waals surface area (Å²) >= 11 is 7.46. The number of hydrogen-bond donors (Lipinski definition) is 1. The Bertz CT molecular complexity index is 408. The molecular weight excluding hydrogens is 190 g/mol. The first-order valence-electron chi connectivity index (χ1n) is 3.67. The third-order valence-electron chi connectivity index (χ3n) is 1.79. The van der Waals surface area contributed by atoms with Crippen LogP contribution in [0.25, 0.3) is 10.1 Å². The molecule has 2 aromatic rings. The zero-order chi connectivity index (χ0) is 8.55. The van der Waals surface area contributed by atoms with Gasteiger partial charge in [-0.3, -0.25) is 0 Å². The lowest BCUT2D eigenvalue weighted by Gasteiger charge is -1.94. The fraction of sp³-hybridized carbons (Fsp3) is 0.111. The van der Waals surface area contributed by atoms with Gasteiger partial charge in [-0.05, 0) is 23.1 Å². The SMILES string of the molecule is NCc1ccc2cc(Cl)sc2c1. The van der Waals surface area contributed by atoms with Crippen LogP contribution in [0.5, 0.6) is 0 Å². The van der Waals surface area contributed by atoms with Gasteiger partial charge in [-0.1, -0.05) is 23.7 Å². The molecule has 0 saturated carbocycles. The summed E-state index contributed by atoms with van der Waals surface area (Å²) in [4.78, 5) is 0. The maximum absolute atomic E-state index is 5.87. The summed E-state index contributed by atoms with van der Waals surface area (Å²) in [7, 11) is 0. The second kappa shape index (κ2) is 3.05. The third-order valence-corrected chi connectivity index (χ3v) is 3.02. The van der Waals surface area contributed by atoms with Gasteiger partial charge in [0.2, 0.25) is 0 Å². The Morgan fingerprint density at radius 2 is 2.17 bits per heavy atom. The largest absolute Gasteiger partial charge is 0.326 e. The first kappa shape index (κ1) is 8.05. The van der Waals surface area contributed by atoms with Gasteiger partial charge >= 0.3 is 0 Å². The van der Waals surface area contributed by atoms with Crippen molar-refractivity contribution in [1.82, 2.24) is 0 Å². The van der Waals surface area contributed by atoms with Crippen molar-refractivity contribution in [2.24, 2.45) is 5.73 Å². The standard InChI is InChI=1S/C9H8ClNS/c10-9-4-7-2-1-6(5-11)3-8(7)12-9/h1-4H,5,11H2. The van der Waals surface area contributed by atoms with Crippen LogP contribution in [0.3, 0.4) is 0 Å². The summed E-state index contributed by atoms with van der Waals surface area (Å²) in [5, 5.41) is 1.20. The van der Waals surface area contributed by atoms with E-state index in [1.807, 2.05) is 12.1 Å². The minimum absolute atomic E-state index is 0.589. The molecule has 2 N–H and O–H groups in total. The summed E-state index contributed by atoms with van der Waals surface area (Å²) in [6.07, 6.45) is 0. The molecule has 0 saturated heterocycles. The van der Waals surface area contributed by atoms with Gasteiger partial charge in [0.25, 0.3) is 0 Å². The van der Waals surface area contributed by atoms with Crippen molar-refractivity contribution in [3.8, 4) is 0 Å². The molecule has 0 aliphatic heterocycles. The molecule has 0 amide bonds. The van der Waals surface area contributed by atoms with Crippen LogP contribution in [0.2, 0.25) is 4.34 Å². The molecule has 0 aliphatic rings. The number of fused-ring (bicyclic) bond motifs is 1. The lowest BCUT2D eigenvalue weighted by Crippen LogP contribution is -1.94. The number of hydrogen-bond acceptors (Lipinski definition) is 2. The molecule has 1 heterocycles. The van der Waals surface area contributed by atoms with Crippen molar-refractivity contribution >= 4 is 33.0 Å². The van der Waals surface area contributed by atoms with Crippen molar-refractivity contribution in [1.29, 1.82) is 0 Å². The van der Waals surface area contributed by atoms with E-state index in [-0.39, 0.29) is 0 Å². The second-order valence-corrected chi connectivity index (χ2v) is 4.34. The monoisotopic (exact) mass is 197 g/mol. The number of thiophene rings is 1. The van der Waals surface area contributed by atoms with Crippen molar-refractivity contribution in [2.45, 2.75) is 6.54 Å². The molecule has 1 nitrogen and oxygen atoms in total. The predicted octanol–water partition coefficient (Wildman–Crippen LogP) is 3.01. The second-order valence-electron chi connectivity index (χ2n) is 2.63. The van der Waals surface area contributed by atoms with E-state index >= 15 is 0 Å². The van der Waals surface area contributed by atoms with E-state index in [0.717, 1.165) is 9.90 Å². The predicted molar refractivity (Wildman–Crippen MR) is 54.7 cm³/mol. The molecule has 2 rings (SSSR count). The highest BCUT2D eigenvalue weighted by atomic mass is 35.5. The Morgan fingerprint density at radius 1 is 1.33 bits per heavy atom. The van der Waals surface area contributed by atoms with Crippen molar-refractivity contribution in [2.75, 3.05) is 0 Å². The van der Waals surface area contributed by atoms with Crippen LogP contribution in [0.4, 0.5) is 0 Å². The van der Waals surface area contributed by atoms with Crippen molar-refractivity contribution in [3.05, 3.63) is 34.2 Å². The average Bonchev–Trinajstić information content (AvgIpc) is 2.43. The molecule has 0 aliphatic carbocycles. The summed E-state index contributed by atoms with van der Waals surface area (Å²) in [5.74, 6) is 0. The molecule has 0 spiro atoms. The molecule has 1 aromatic carbocycles. The van der Waals surface area contributed by atoms with Crippen molar-refractivity contribution in [3.63, 3.8) is 0 Å². The maximum atomic E-state index is 5.87. The van der Waals surface area contributed by atoms with Crippen LogP contribution in [-0.2, 0) is 6.54 Å². The maximum Gasteiger partial charge on any atom is 0.0940 e. The highest BCUT2D eigenvalue weighted by molar-refractivity contribution is 7.22. The van der Waals surface area contributed by atoms with Gasteiger partial charge < -0.3 is 5.73 Å². The van der Waals surface area contributed by atoms with Gasteiger partial charge in [0.05, 0.1) is 4.34 Å². The van der Waals surface area contributed by atoms with Gasteiger partial charge in [-0.25, -0.2) is 0 Å². The van der Waals surface area contributed by atoms with E-state index in [2.05, 4.69) is 12.1 Å². The van der Waals surface area contributed by atoms with Gasteiger partial charge in [0.15, 0.2) is 0 Å². The summed E-state index contributed by atoms with van der Waals surface area (Å²) < 4.78 is 2.04. The Balaban J connectivity index is 2.66. The summed E-state index contributed by atoms with van der Waals surface area (Å²) in [6, 6.07) is 8.15. The average molecular weight is 198 g/mol. The van der Waals surface area contributed by atoms with Crippen LogP contribution in [0, 0.1) is 0 Å². The molecule has 62 valence electrons. The highest BCUT2D eigenvalue weighted by Gasteiger charge is 1.99. The van der Waals surface area contributed by atoms with Gasteiger partial charge in [0, 0.05) is 11.2 Å². The van der Waals surface area contributed by atoms with Crippen LogP contribution < -0.4 is 5.73 Å². The van der Waals surface area contributed by atoms with Gasteiger partial charge in [0.1, 0.15) is 0 Å².